The maximum Gasteiger partial charge on any atom is 0.159 e. The lowest BCUT2D eigenvalue weighted by Gasteiger charge is -2.34. The lowest BCUT2D eigenvalue weighted by Crippen LogP contribution is -2.38. The van der Waals surface area contributed by atoms with Crippen LogP contribution in [0.25, 0.3) is 0 Å². The van der Waals surface area contributed by atoms with Crippen molar-refractivity contribution in [2.45, 2.75) is 50.6 Å². The smallest absolute Gasteiger partial charge is 0.159 e. The van der Waals surface area contributed by atoms with Gasteiger partial charge in [0.05, 0.1) is 7.11 Å². The van der Waals surface area contributed by atoms with Gasteiger partial charge in [0.2, 0.25) is 0 Å². The predicted octanol–water partition coefficient (Wildman–Crippen LogP) is 5.45. The third kappa shape index (κ3) is 5.45. The number of nitrogens with zero attached hydrogens (tertiary/aromatic N) is 2. The van der Waals surface area contributed by atoms with Crippen molar-refractivity contribution in [2.24, 2.45) is 5.92 Å². The Morgan fingerprint density at radius 2 is 1.81 bits per heavy atom. The van der Waals surface area contributed by atoms with E-state index < -0.39 is 11.6 Å². The first-order valence-corrected chi connectivity index (χ1v) is 11.5. The molecule has 0 bridgehead atoms. The highest BCUT2D eigenvalue weighted by molar-refractivity contribution is 5.32. The highest BCUT2D eigenvalue weighted by Gasteiger charge is 2.35. The number of halogens is 2. The molecule has 1 saturated carbocycles. The van der Waals surface area contributed by atoms with Crippen LogP contribution in [0.5, 0.6) is 5.75 Å². The van der Waals surface area contributed by atoms with E-state index in [9.17, 15) is 8.78 Å². The van der Waals surface area contributed by atoms with Crippen LogP contribution in [0.1, 0.15) is 49.1 Å². The van der Waals surface area contributed by atoms with Gasteiger partial charge >= 0.3 is 0 Å². The topological polar surface area (TPSA) is 15.7 Å². The fourth-order valence-corrected chi connectivity index (χ4v) is 5.46. The van der Waals surface area contributed by atoms with Gasteiger partial charge in [0.1, 0.15) is 5.75 Å². The van der Waals surface area contributed by atoms with E-state index in [1.807, 2.05) is 6.07 Å². The van der Waals surface area contributed by atoms with Gasteiger partial charge in [-0.1, -0.05) is 37.5 Å². The molecule has 2 aromatic rings. The number of benzene rings is 2. The van der Waals surface area contributed by atoms with Gasteiger partial charge in [-0.3, -0.25) is 4.90 Å². The lowest BCUT2D eigenvalue weighted by atomic mass is 9.87. The van der Waals surface area contributed by atoms with Gasteiger partial charge in [-0.2, -0.15) is 0 Å². The molecule has 1 heterocycles. The van der Waals surface area contributed by atoms with E-state index in [0.29, 0.717) is 24.4 Å². The van der Waals surface area contributed by atoms with Gasteiger partial charge in [0.25, 0.3) is 0 Å². The van der Waals surface area contributed by atoms with Gasteiger partial charge in [-0.25, -0.2) is 8.78 Å². The Morgan fingerprint density at radius 1 is 1.00 bits per heavy atom. The standard InChI is InChI=1S/C26H34F2N2O/c1-29(22-8-4-3-5-9-22)16-21-17-30(15-19-11-12-25(27)26(28)13-19)18-24(21)20-7-6-10-23(14-20)31-2/h6-7,10-14,21-22,24H,3-5,8-9,15-18H2,1-2H3. The first kappa shape index (κ1) is 22.2. The zero-order valence-electron chi connectivity index (χ0n) is 18.7. The number of rotatable bonds is 7. The number of likely N-dealkylation sites (tertiary alicyclic amines) is 1. The third-order valence-corrected chi connectivity index (χ3v) is 7.15. The van der Waals surface area contributed by atoms with Crippen molar-refractivity contribution in [1.29, 1.82) is 0 Å². The van der Waals surface area contributed by atoms with Gasteiger partial charge in [-0.15, -0.1) is 0 Å². The molecular formula is C26H34F2N2O. The van der Waals surface area contributed by atoms with Crippen LogP contribution in [0.2, 0.25) is 0 Å². The minimum Gasteiger partial charge on any atom is -0.497 e. The minimum atomic E-state index is -0.786. The van der Waals surface area contributed by atoms with Crippen molar-refractivity contribution < 1.29 is 13.5 Å². The van der Waals surface area contributed by atoms with Crippen LogP contribution in [-0.4, -0.2) is 49.6 Å². The van der Waals surface area contributed by atoms with E-state index in [2.05, 4.69) is 35.0 Å². The van der Waals surface area contributed by atoms with E-state index >= 15 is 0 Å². The summed E-state index contributed by atoms with van der Waals surface area (Å²) in [7, 11) is 3.98. The largest absolute Gasteiger partial charge is 0.497 e. The quantitative estimate of drug-likeness (QED) is 0.583. The monoisotopic (exact) mass is 428 g/mol. The Morgan fingerprint density at radius 3 is 2.55 bits per heavy atom. The van der Waals surface area contributed by atoms with E-state index in [0.717, 1.165) is 30.9 Å². The summed E-state index contributed by atoms with van der Waals surface area (Å²) in [4.78, 5) is 4.95. The molecule has 2 atom stereocenters. The first-order valence-electron chi connectivity index (χ1n) is 11.5. The molecule has 0 amide bonds. The van der Waals surface area contributed by atoms with Crippen LogP contribution in [0, 0.1) is 17.6 Å². The maximum absolute atomic E-state index is 13.7. The van der Waals surface area contributed by atoms with Crippen molar-refractivity contribution in [2.75, 3.05) is 33.8 Å². The number of methoxy groups -OCH3 is 1. The molecule has 1 aliphatic carbocycles. The third-order valence-electron chi connectivity index (χ3n) is 7.15. The second-order valence-corrected chi connectivity index (χ2v) is 9.32. The van der Waals surface area contributed by atoms with Crippen LogP contribution in [0.3, 0.4) is 0 Å². The number of hydrogen-bond donors (Lipinski definition) is 0. The minimum absolute atomic E-state index is 0.395. The summed E-state index contributed by atoms with van der Waals surface area (Å²) in [6.07, 6.45) is 6.63. The lowest BCUT2D eigenvalue weighted by molar-refractivity contribution is 0.162. The van der Waals surface area contributed by atoms with Crippen LogP contribution in [0.15, 0.2) is 42.5 Å². The van der Waals surface area contributed by atoms with Crippen molar-refractivity contribution >= 4 is 0 Å². The van der Waals surface area contributed by atoms with Crippen LogP contribution >= 0.6 is 0 Å². The first-order chi connectivity index (χ1) is 15.0. The summed E-state index contributed by atoms with van der Waals surface area (Å²) < 4.78 is 32.5. The molecule has 0 spiro atoms. The second-order valence-electron chi connectivity index (χ2n) is 9.32. The van der Waals surface area contributed by atoms with Gasteiger partial charge in [-0.05, 0) is 61.2 Å². The molecule has 2 fully saturated rings. The van der Waals surface area contributed by atoms with E-state index in [4.69, 9.17) is 4.74 Å². The Labute approximate surface area is 185 Å². The van der Waals surface area contributed by atoms with Crippen molar-refractivity contribution in [1.82, 2.24) is 9.80 Å². The van der Waals surface area contributed by atoms with E-state index in [-0.39, 0.29) is 0 Å². The average Bonchev–Trinajstić information content (AvgIpc) is 3.19. The van der Waals surface area contributed by atoms with Crippen molar-refractivity contribution in [3.63, 3.8) is 0 Å². The summed E-state index contributed by atoms with van der Waals surface area (Å²) in [6, 6.07) is 13.3. The molecule has 2 unspecified atom stereocenters. The maximum atomic E-state index is 13.7. The van der Waals surface area contributed by atoms with E-state index in [1.54, 1.807) is 13.2 Å². The molecule has 4 rings (SSSR count). The summed E-state index contributed by atoms with van der Waals surface area (Å²) in [5.74, 6) is 0.216. The zero-order chi connectivity index (χ0) is 21.8. The van der Waals surface area contributed by atoms with Gasteiger partial charge in [0.15, 0.2) is 11.6 Å². The van der Waals surface area contributed by atoms with Crippen LogP contribution in [-0.2, 0) is 6.54 Å². The fraction of sp³-hybridized carbons (Fsp3) is 0.538. The summed E-state index contributed by atoms with van der Waals surface area (Å²) in [5.41, 5.74) is 2.12. The van der Waals surface area contributed by atoms with Crippen molar-refractivity contribution in [3.8, 4) is 5.75 Å². The number of hydrogen-bond acceptors (Lipinski definition) is 3. The fourth-order valence-electron chi connectivity index (χ4n) is 5.46. The molecular weight excluding hydrogens is 394 g/mol. The van der Waals surface area contributed by atoms with Gasteiger partial charge < -0.3 is 9.64 Å². The Balaban J connectivity index is 1.51. The highest BCUT2D eigenvalue weighted by atomic mass is 19.2. The molecule has 1 aliphatic heterocycles. The molecule has 5 heteroatoms. The second kappa shape index (κ2) is 10.1. The normalized spacial score (nSPS) is 22.9. The molecule has 0 N–H and O–H groups in total. The van der Waals surface area contributed by atoms with Crippen LogP contribution in [0.4, 0.5) is 8.78 Å². The summed E-state index contributed by atoms with van der Waals surface area (Å²) in [5, 5.41) is 0. The summed E-state index contributed by atoms with van der Waals surface area (Å²) in [6.45, 7) is 3.56. The summed E-state index contributed by atoms with van der Waals surface area (Å²) >= 11 is 0. The molecule has 2 aliphatic rings. The highest BCUT2D eigenvalue weighted by Crippen LogP contribution is 2.36. The molecule has 0 radical (unpaired) electrons. The Hall–Kier alpha value is -1.98. The molecule has 1 saturated heterocycles. The Bertz CT molecular complexity index is 868. The molecule has 3 nitrogen and oxygen atoms in total. The predicted molar refractivity (Wildman–Crippen MR) is 120 cm³/mol. The zero-order valence-corrected chi connectivity index (χ0v) is 18.7. The van der Waals surface area contributed by atoms with Gasteiger partial charge in [0, 0.05) is 38.1 Å². The molecule has 2 aromatic carbocycles. The molecule has 0 aromatic heterocycles. The number of ether oxygens (including phenoxy) is 1. The molecule has 168 valence electrons. The molecule has 31 heavy (non-hydrogen) atoms. The van der Waals surface area contributed by atoms with Crippen LogP contribution < -0.4 is 4.74 Å². The Kier molecular flexibility index (Phi) is 7.24. The SMILES string of the molecule is COc1cccc(C2CN(Cc3ccc(F)c(F)c3)CC2CN(C)C2CCCCC2)c1. The average molecular weight is 429 g/mol. The van der Waals surface area contributed by atoms with Crippen molar-refractivity contribution in [3.05, 3.63) is 65.2 Å². The van der Waals surface area contributed by atoms with E-state index in [1.165, 1.54) is 49.8 Å².